The van der Waals surface area contributed by atoms with Crippen LogP contribution in [0.4, 0.5) is 0 Å². The zero-order valence-electron chi connectivity index (χ0n) is 13.1. The molecule has 0 fully saturated rings. The van der Waals surface area contributed by atoms with Crippen LogP contribution in [0.2, 0.25) is 0 Å². The summed E-state index contributed by atoms with van der Waals surface area (Å²) in [5.41, 5.74) is 2.56. The number of carbonyl (C=O) groups is 1. The Hall–Kier alpha value is -2.09. The summed E-state index contributed by atoms with van der Waals surface area (Å²) in [7, 11) is 0. The highest BCUT2D eigenvalue weighted by Crippen LogP contribution is 2.27. The number of carbonyl (C=O) groups excluding carboxylic acids is 1. The fraction of sp³-hybridized carbons (Fsp3) is 0.316. The van der Waals surface area contributed by atoms with Crippen molar-refractivity contribution in [2.45, 2.75) is 39.2 Å². The number of hydrogen-bond donors (Lipinski definition) is 0. The summed E-state index contributed by atoms with van der Waals surface area (Å²) in [6, 6.07) is 17.4. The summed E-state index contributed by atoms with van der Waals surface area (Å²) in [5.74, 6) is -0.267. The van der Waals surface area contributed by atoms with Gasteiger partial charge < -0.3 is 4.74 Å². The largest absolute Gasteiger partial charge is 0.454 e. The van der Waals surface area contributed by atoms with E-state index < -0.39 is 0 Å². The number of hydrogen-bond acceptors (Lipinski definition) is 2. The summed E-state index contributed by atoms with van der Waals surface area (Å²) in [5, 5.41) is 0. The van der Waals surface area contributed by atoms with Crippen LogP contribution in [0.1, 0.15) is 55.3 Å². The second-order valence-electron chi connectivity index (χ2n) is 6.25. The molecule has 2 rings (SSSR count). The quantitative estimate of drug-likeness (QED) is 0.748. The van der Waals surface area contributed by atoms with Crippen molar-refractivity contribution in [3.05, 3.63) is 71.3 Å². The van der Waals surface area contributed by atoms with Crippen molar-refractivity contribution in [2.75, 3.05) is 0 Å². The molecular formula is C19H22O2. The standard InChI is InChI=1S/C19H22O2/c1-14(15-10-6-5-7-11-15)21-18(20)16-12-8-9-13-17(16)19(2,3)4/h5-14H,1-4H3. The molecule has 0 heterocycles. The van der Waals surface area contributed by atoms with Gasteiger partial charge in [0.05, 0.1) is 5.56 Å². The van der Waals surface area contributed by atoms with E-state index in [0.717, 1.165) is 11.1 Å². The minimum absolute atomic E-state index is 0.0917. The van der Waals surface area contributed by atoms with E-state index in [4.69, 9.17) is 4.74 Å². The van der Waals surface area contributed by atoms with Gasteiger partial charge in [-0.1, -0.05) is 69.3 Å². The van der Waals surface area contributed by atoms with Crippen molar-refractivity contribution < 1.29 is 9.53 Å². The van der Waals surface area contributed by atoms with E-state index >= 15 is 0 Å². The highest BCUT2D eigenvalue weighted by molar-refractivity contribution is 5.91. The van der Waals surface area contributed by atoms with Crippen molar-refractivity contribution in [2.24, 2.45) is 0 Å². The molecule has 2 nitrogen and oxygen atoms in total. The molecule has 1 atom stereocenters. The molecule has 0 radical (unpaired) electrons. The maximum atomic E-state index is 12.5. The fourth-order valence-corrected chi connectivity index (χ4v) is 2.33. The van der Waals surface area contributed by atoms with Gasteiger partial charge in [-0.2, -0.15) is 0 Å². The highest BCUT2D eigenvalue weighted by atomic mass is 16.5. The molecule has 2 aromatic carbocycles. The van der Waals surface area contributed by atoms with Crippen LogP contribution >= 0.6 is 0 Å². The van der Waals surface area contributed by atoms with Gasteiger partial charge >= 0.3 is 5.97 Å². The summed E-state index contributed by atoms with van der Waals surface area (Å²) in [6.07, 6.45) is -0.258. The minimum atomic E-state index is -0.267. The Morgan fingerprint density at radius 2 is 1.52 bits per heavy atom. The third-order valence-corrected chi connectivity index (χ3v) is 3.51. The van der Waals surface area contributed by atoms with Gasteiger partial charge in [0.15, 0.2) is 0 Å². The molecular weight excluding hydrogens is 260 g/mol. The van der Waals surface area contributed by atoms with E-state index in [1.165, 1.54) is 0 Å². The van der Waals surface area contributed by atoms with Crippen molar-refractivity contribution in [1.82, 2.24) is 0 Å². The van der Waals surface area contributed by atoms with Crippen LogP contribution in [0.5, 0.6) is 0 Å². The van der Waals surface area contributed by atoms with E-state index in [0.29, 0.717) is 5.56 Å². The molecule has 0 N–H and O–H groups in total. The molecule has 0 aliphatic heterocycles. The molecule has 0 bridgehead atoms. The molecule has 21 heavy (non-hydrogen) atoms. The Labute approximate surface area is 126 Å². The number of rotatable bonds is 3. The van der Waals surface area contributed by atoms with E-state index in [-0.39, 0.29) is 17.5 Å². The lowest BCUT2D eigenvalue weighted by molar-refractivity contribution is 0.0335. The maximum Gasteiger partial charge on any atom is 0.339 e. The molecule has 2 aromatic rings. The van der Waals surface area contributed by atoms with Gasteiger partial charge in [-0.15, -0.1) is 0 Å². The first kappa shape index (κ1) is 15.3. The molecule has 0 aliphatic rings. The molecule has 0 saturated heterocycles. The van der Waals surface area contributed by atoms with Crippen molar-refractivity contribution >= 4 is 5.97 Å². The highest BCUT2D eigenvalue weighted by Gasteiger charge is 2.23. The van der Waals surface area contributed by atoms with Gasteiger partial charge in [0.2, 0.25) is 0 Å². The van der Waals surface area contributed by atoms with E-state index in [1.807, 2.05) is 61.5 Å². The van der Waals surface area contributed by atoms with Crippen molar-refractivity contribution in [3.8, 4) is 0 Å². The van der Waals surface area contributed by atoms with Crippen molar-refractivity contribution in [1.29, 1.82) is 0 Å². The normalized spacial score (nSPS) is 12.8. The Morgan fingerprint density at radius 1 is 0.952 bits per heavy atom. The number of esters is 1. The van der Waals surface area contributed by atoms with Crippen molar-refractivity contribution in [3.63, 3.8) is 0 Å². The monoisotopic (exact) mass is 282 g/mol. The Morgan fingerprint density at radius 3 is 2.14 bits per heavy atom. The SMILES string of the molecule is CC(OC(=O)c1ccccc1C(C)(C)C)c1ccccc1. The molecule has 0 spiro atoms. The first-order valence-electron chi connectivity index (χ1n) is 7.25. The lowest BCUT2D eigenvalue weighted by atomic mass is 9.84. The van der Waals surface area contributed by atoms with E-state index in [1.54, 1.807) is 0 Å². The lowest BCUT2D eigenvalue weighted by Gasteiger charge is -2.23. The Bertz CT molecular complexity index is 609. The summed E-state index contributed by atoms with van der Waals surface area (Å²) in [4.78, 5) is 12.5. The number of ether oxygens (including phenoxy) is 1. The molecule has 0 amide bonds. The minimum Gasteiger partial charge on any atom is -0.454 e. The van der Waals surface area contributed by atoms with Gasteiger partial charge in [0.25, 0.3) is 0 Å². The molecule has 1 unspecified atom stereocenters. The fourth-order valence-electron chi connectivity index (χ4n) is 2.33. The molecule has 110 valence electrons. The Balaban J connectivity index is 2.22. The van der Waals surface area contributed by atoms with Gasteiger partial charge in [-0.25, -0.2) is 4.79 Å². The topological polar surface area (TPSA) is 26.3 Å². The average molecular weight is 282 g/mol. The van der Waals surface area contributed by atoms with Gasteiger partial charge in [0.1, 0.15) is 6.10 Å². The third kappa shape index (κ3) is 3.72. The van der Waals surface area contributed by atoms with Crippen LogP contribution in [0.25, 0.3) is 0 Å². The molecule has 0 aliphatic carbocycles. The Kier molecular flexibility index (Phi) is 4.46. The van der Waals surface area contributed by atoms with Gasteiger partial charge in [0, 0.05) is 0 Å². The second kappa shape index (κ2) is 6.13. The predicted octanol–water partition coefficient (Wildman–Crippen LogP) is 4.90. The van der Waals surface area contributed by atoms with Gasteiger partial charge in [-0.3, -0.25) is 0 Å². The lowest BCUT2D eigenvalue weighted by Crippen LogP contribution is -2.19. The summed E-state index contributed by atoms with van der Waals surface area (Å²) < 4.78 is 5.62. The first-order chi connectivity index (χ1) is 9.89. The molecule has 2 heteroatoms. The summed E-state index contributed by atoms with van der Waals surface area (Å²) >= 11 is 0. The van der Waals surface area contributed by atoms with Crippen LogP contribution in [-0.2, 0) is 10.2 Å². The smallest absolute Gasteiger partial charge is 0.339 e. The van der Waals surface area contributed by atoms with Crippen LogP contribution < -0.4 is 0 Å². The second-order valence-corrected chi connectivity index (χ2v) is 6.25. The van der Waals surface area contributed by atoms with Crippen LogP contribution in [-0.4, -0.2) is 5.97 Å². The first-order valence-corrected chi connectivity index (χ1v) is 7.25. The predicted molar refractivity (Wildman–Crippen MR) is 85.4 cm³/mol. The molecule has 0 aromatic heterocycles. The summed E-state index contributed by atoms with van der Waals surface area (Å²) in [6.45, 7) is 8.19. The van der Waals surface area contributed by atoms with E-state index in [2.05, 4.69) is 20.8 Å². The van der Waals surface area contributed by atoms with Crippen LogP contribution in [0.15, 0.2) is 54.6 Å². The number of benzene rings is 2. The van der Waals surface area contributed by atoms with Gasteiger partial charge in [-0.05, 0) is 29.5 Å². The van der Waals surface area contributed by atoms with Crippen LogP contribution in [0.3, 0.4) is 0 Å². The molecule has 0 saturated carbocycles. The maximum absolute atomic E-state index is 12.5. The average Bonchev–Trinajstić information content (AvgIpc) is 2.47. The van der Waals surface area contributed by atoms with Crippen LogP contribution in [0, 0.1) is 0 Å². The van der Waals surface area contributed by atoms with E-state index in [9.17, 15) is 4.79 Å². The zero-order valence-corrected chi connectivity index (χ0v) is 13.1. The zero-order chi connectivity index (χ0) is 15.5. The third-order valence-electron chi connectivity index (χ3n) is 3.51.